The zero-order valence-electron chi connectivity index (χ0n) is 17.3. The molecule has 2 aromatic carbocycles. The molecule has 0 radical (unpaired) electrons. The topological polar surface area (TPSA) is 85.9 Å². The fourth-order valence-electron chi connectivity index (χ4n) is 3.31. The van der Waals surface area contributed by atoms with Crippen molar-refractivity contribution in [1.82, 2.24) is 9.97 Å². The molecule has 0 saturated heterocycles. The van der Waals surface area contributed by atoms with Crippen LogP contribution in [-0.4, -0.2) is 24.6 Å². The minimum absolute atomic E-state index is 0.220. The molecule has 0 saturated carbocycles. The van der Waals surface area contributed by atoms with Gasteiger partial charge in [-0.15, -0.1) is 0 Å². The van der Waals surface area contributed by atoms with Crippen LogP contribution in [0.4, 0.5) is 19.0 Å². The van der Waals surface area contributed by atoms with Crippen molar-refractivity contribution in [1.29, 1.82) is 0 Å². The Morgan fingerprint density at radius 2 is 1.33 bits per heavy atom. The first-order chi connectivity index (χ1) is 15.5. The molecule has 0 aliphatic heterocycles. The summed E-state index contributed by atoms with van der Waals surface area (Å²) in [7, 11) is -3.30. The van der Waals surface area contributed by atoms with Gasteiger partial charge in [-0.2, -0.15) is 13.2 Å². The molecular formula is C24H18F3N3O2S. The summed E-state index contributed by atoms with van der Waals surface area (Å²) >= 11 is 0. The summed E-state index contributed by atoms with van der Waals surface area (Å²) < 4.78 is 61.6. The van der Waals surface area contributed by atoms with Gasteiger partial charge in [0.1, 0.15) is 5.82 Å². The van der Waals surface area contributed by atoms with Crippen LogP contribution < -0.4 is 5.73 Å². The molecule has 4 rings (SSSR count). The summed E-state index contributed by atoms with van der Waals surface area (Å²) in [5, 5.41) is 0. The van der Waals surface area contributed by atoms with E-state index in [0.717, 1.165) is 29.5 Å². The molecule has 0 amide bonds. The van der Waals surface area contributed by atoms with Gasteiger partial charge in [-0.1, -0.05) is 30.3 Å². The monoisotopic (exact) mass is 469 g/mol. The van der Waals surface area contributed by atoms with Crippen LogP contribution in [0.3, 0.4) is 0 Å². The van der Waals surface area contributed by atoms with Crippen molar-refractivity contribution in [3.05, 3.63) is 84.7 Å². The van der Waals surface area contributed by atoms with Gasteiger partial charge in [-0.05, 0) is 42.0 Å². The lowest BCUT2D eigenvalue weighted by atomic mass is 10.0. The van der Waals surface area contributed by atoms with Crippen molar-refractivity contribution >= 4 is 15.7 Å². The molecule has 5 nitrogen and oxygen atoms in total. The Bertz CT molecular complexity index is 1400. The maximum Gasteiger partial charge on any atom is 0.416 e. The number of aromatic nitrogens is 2. The van der Waals surface area contributed by atoms with E-state index < -0.39 is 21.6 Å². The Balaban J connectivity index is 1.63. The summed E-state index contributed by atoms with van der Waals surface area (Å²) in [6.45, 7) is 0. The molecular weight excluding hydrogens is 451 g/mol. The van der Waals surface area contributed by atoms with Crippen LogP contribution in [0.15, 0.2) is 84.0 Å². The third-order valence-corrected chi connectivity index (χ3v) is 6.25. The Morgan fingerprint density at radius 1 is 0.758 bits per heavy atom. The van der Waals surface area contributed by atoms with Crippen molar-refractivity contribution in [2.24, 2.45) is 0 Å². The summed E-state index contributed by atoms with van der Waals surface area (Å²) in [4.78, 5) is 8.83. The Hall–Kier alpha value is -3.72. The van der Waals surface area contributed by atoms with E-state index in [1.807, 2.05) is 6.07 Å². The Morgan fingerprint density at radius 3 is 1.88 bits per heavy atom. The van der Waals surface area contributed by atoms with Crippen molar-refractivity contribution in [2.75, 3.05) is 12.0 Å². The van der Waals surface area contributed by atoms with Gasteiger partial charge in [0.05, 0.1) is 16.2 Å². The smallest absolute Gasteiger partial charge is 0.383 e. The molecule has 0 fully saturated rings. The zero-order chi connectivity index (χ0) is 23.8. The second-order valence-electron chi connectivity index (χ2n) is 7.46. The number of alkyl halides is 3. The second-order valence-corrected chi connectivity index (χ2v) is 9.48. The van der Waals surface area contributed by atoms with E-state index >= 15 is 0 Å². The fourth-order valence-corrected chi connectivity index (χ4v) is 3.94. The Kier molecular flexibility index (Phi) is 5.67. The van der Waals surface area contributed by atoms with Gasteiger partial charge in [0.25, 0.3) is 0 Å². The molecule has 2 heterocycles. The molecule has 0 spiro atoms. The van der Waals surface area contributed by atoms with E-state index in [1.54, 1.807) is 36.7 Å². The van der Waals surface area contributed by atoms with Crippen LogP contribution >= 0.6 is 0 Å². The highest BCUT2D eigenvalue weighted by Crippen LogP contribution is 2.32. The number of sulfone groups is 1. The van der Waals surface area contributed by atoms with E-state index in [0.29, 0.717) is 22.4 Å². The fraction of sp³-hybridized carbons (Fsp3) is 0.0833. The van der Waals surface area contributed by atoms with E-state index in [1.165, 1.54) is 24.3 Å². The van der Waals surface area contributed by atoms with E-state index in [9.17, 15) is 21.6 Å². The number of nitrogen functional groups attached to an aromatic ring is 1. The molecule has 0 atom stereocenters. The first kappa shape index (κ1) is 22.5. The lowest BCUT2D eigenvalue weighted by Crippen LogP contribution is -2.04. The first-order valence-electron chi connectivity index (χ1n) is 9.72. The minimum atomic E-state index is -4.39. The molecule has 0 bridgehead atoms. The minimum Gasteiger partial charge on any atom is -0.383 e. The third-order valence-electron chi connectivity index (χ3n) is 5.12. The molecule has 168 valence electrons. The van der Waals surface area contributed by atoms with Crippen molar-refractivity contribution < 1.29 is 21.6 Å². The van der Waals surface area contributed by atoms with Gasteiger partial charge in [0.2, 0.25) is 0 Å². The lowest BCUT2D eigenvalue weighted by molar-refractivity contribution is -0.137. The highest BCUT2D eigenvalue weighted by molar-refractivity contribution is 7.90. The highest BCUT2D eigenvalue weighted by Gasteiger charge is 2.30. The van der Waals surface area contributed by atoms with Gasteiger partial charge in [0.15, 0.2) is 9.84 Å². The van der Waals surface area contributed by atoms with Gasteiger partial charge >= 0.3 is 6.18 Å². The largest absolute Gasteiger partial charge is 0.416 e. The quantitative estimate of drug-likeness (QED) is 0.428. The predicted molar refractivity (Wildman–Crippen MR) is 121 cm³/mol. The molecule has 33 heavy (non-hydrogen) atoms. The molecule has 0 aliphatic carbocycles. The van der Waals surface area contributed by atoms with Gasteiger partial charge in [-0.3, -0.25) is 4.98 Å². The number of nitrogens with two attached hydrogens (primary N) is 1. The number of hydrogen-bond acceptors (Lipinski definition) is 5. The van der Waals surface area contributed by atoms with E-state index in [-0.39, 0.29) is 10.7 Å². The van der Waals surface area contributed by atoms with Crippen LogP contribution in [-0.2, 0) is 16.0 Å². The second kappa shape index (κ2) is 8.32. The number of benzene rings is 2. The third kappa shape index (κ3) is 4.88. The van der Waals surface area contributed by atoms with Crippen LogP contribution in [0.25, 0.3) is 33.5 Å². The molecule has 0 unspecified atom stereocenters. The SMILES string of the molecule is CS(=O)(=O)c1ccc(-c2cnc(N)c(-c3ccc(-c4ccc(C(F)(F)F)cc4)nc3)c2)cc1. The summed E-state index contributed by atoms with van der Waals surface area (Å²) in [6, 6.07) is 16.5. The number of anilines is 1. The number of rotatable bonds is 4. The summed E-state index contributed by atoms with van der Waals surface area (Å²) in [5.41, 5.74) is 9.25. The number of pyridine rings is 2. The van der Waals surface area contributed by atoms with E-state index in [4.69, 9.17) is 5.73 Å². The maximum atomic E-state index is 12.8. The van der Waals surface area contributed by atoms with Gasteiger partial charge < -0.3 is 5.73 Å². The number of hydrogen-bond donors (Lipinski definition) is 1. The number of halogens is 3. The zero-order valence-corrected chi connectivity index (χ0v) is 18.2. The highest BCUT2D eigenvalue weighted by atomic mass is 32.2. The average molecular weight is 469 g/mol. The average Bonchev–Trinajstić information content (AvgIpc) is 2.79. The standard InChI is InChI=1S/C24H18F3N3O2S/c1-33(31,32)20-9-4-15(5-10-20)18-12-21(23(28)30-14-18)17-6-11-22(29-13-17)16-2-7-19(8-3-16)24(25,26)27/h2-14H,1H3,(H2,28,30). The van der Waals surface area contributed by atoms with Crippen molar-refractivity contribution in [3.8, 4) is 33.5 Å². The summed E-state index contributed by atoms with van der Waals surface area (Å²) in [6.07, 6.45) is -0.0715. The van der Waals surface area contributed by atoms with Crippen molar-refractivity contribution in [2.45, 2.75) is 11.1 Å². The van der Waals surface area contributed by atoms with E-state index in [2.05, 4.69) is 9.97 Å². The molecule has 2 aromatic heterocycles. The number of nitrogens with zero attached hydrogens (tertiary/aromatic N) is 2. The van der Waals surface area contributed by atoms with Crippen LogP contribution in [0, 0.1) is 0 Å². The molecule has 9 heteroatoms. The molecule has 2 N–H and O–H groups in total. The molecule has 0 aliphatic rings. The first-order valence-corrected chi connectivity index (χ1v) is 11.6. The molecule has 4 aromatic rings. The van der Waals surface area contributed by atoms with Crippen molar-refractivity contribution in [3.63, 3.8) is 0 Å². The van der Waals surface area contributed by atoms with Gasteiger partial charge in [0, 0.05) is 40.9 Å². The normalized spacial score (nSPS) is 12.0. The van der Waals surface area contributed by atoms with Gasteiger partial charge in [-0.25, -0.2) is 13.4 Å². The maximum absolute atomic E-state index is 12.8. The van der Waals surface area contributed by atoms with Crippen LogP contribution in [0.2, 0.25) is 0 Å². The summed E-state index contributed by atoms with van der Waals surface area (Å²) in [5.74, 6) is 0.288. The van der Waals surface area contributed by atoms with Crippen LogP contribution in [0.5, 0.6) is 0 Å². The predicted octanol–water partition coefficient (Wildman–Crippen LogP) is 5.48. The lowest BCUT2D eigenvalue weighted by Gasteiger charge is -2.10. The Labute approximate surface area is 188 Å². The van der Waals surface area contributed by atoms with Crippen LogP contribution in [0.1, 0.15) is 5.56 Å².